The van der Waals surface area contributed by atoms with Crippen LogP contribution in [0.15, 0.2) is 53.5 Å². The molecule has 0 unspecified atom stereocenters. The molecule has 0 spiro atoms. The zero-order valence-corrected chi connectivity index (χ0v) is 8.97. The Morgan fingerprint density at radius 2 is 1.75 bits per heavy atom. The molecule has 0 aliphatic carbocycles. The number of fused-ring (bicyclic) bond motifs is 3. The van der Waals surface area contributed by atoms with Crippen molar-refractivity contribution >= 4 is 16.4 Å². The third-order valence-electron chi connectivity index (χ3n) is 2.99. The van der Waals surface area contributed by atoms with E-state index in [1.807, 2.05) is 41.8 Å². The minimum atomic E-state index is 0.0682. The van der Waals surface area contributed by atoms with Crippen molar-refractivity contribution in [3.8, 4) is 0 Å². The molecule has 0 atom stereocenters. The molecule has 3 rings (SSSR count). The normalized spacial score (nSPS) is 11.1. The average molecular weight is 209 g/mol. The summed E-state index contributed by atoms with van der Waals surface area (Å²) in [4.78, 5) is 11.9. The molecule has 16 heavy (non-hydrogen) atoms. The molecule has 0 N–H and O–H groups in total. The minimum Gasteiger partial charge on any atom is -0.313 e. The van der Waals surface area contributed by atoms with Gasteiger partial charge in [-0.3, -0.25) is 4.79 Å². The quantitative estimate of drug-likeness (QED) is 0.558. The number of nitrogens with zero attached hydrogens (tertiary/aromatic N) is 1. The van der Waals surface area contributed by atoms with E-state index in [1.54, 1.807) is 12.1 Å². The van der Waals surface area contributed by atoms with E-state index >= 15 is 0 Å². The Morgan fingerprint density at radius 3 is 2.62 bits per heavy atom. The van der Waals surface area contributed by atoms with Gasteiger partial charge >= 0.3 is 0 Å². The predicted molar refractivity (Wildman–Crippen MR) is 65.9 cm³/mol. The molecule has 0 bridgehead atoms. The van der Waals surface area contributed by atoms with Crippen molar-refractivity contribution in [1.82, 2.24) is 4.40 Å². The second kappa shape index (κ2) is 3.20. The maximum absolute atomic E-state index is 11.9. The Kier molecular flexibility index (Phi) is 1.83. The zero-order valence-electron chi connectivity index (χ0n) is 8.97. The van der Waals surface area contributed by atoms with E-state index in [9.17, 15) is 4.79 Å². The standard InChI is InChI=1S/C14H11NO/c1-10-11-6-2-3-7-12(11)15-9-5-4-8-13(16)14(10)15/h2-9H,1H3. The maximum atomic E-state index is 11.9. The highest BCUT2D eigenvalue weighted by atomic mass is 16.1. The molecular formula is C14H11NO. The predicted octanol–water partition coefficient (Wildman–Crippen LogP) is 2.76. The van der Waals surface area contributed by atoms with Crippen molar-refractivity contribution in [3.05, 3.63) is 64.4 Å². The summed E-state index contributed by atoms with van der Waals surface area (Å²) in [6.07, 6.45) is 1.94. The van der Waals surface area contributed by atoms with Crippen LogP contribution in [-0.2, 0) is 0 Å². The molecule has 0 fully saturated rings. The van der Waals surface area contributed by atoms with E-state index in [0.717, 1.165) is 22.0 Å². The summed E-state index contributed by atoms with van der Waals surface area (Å²) in [5.74, 6) is 0. The van der Waals surface area contributed by atoms with Crippen LogP contribution in [0.1, 0.15) is 5.56 Å². The molecule has 1 aromatic carbocycles. The first-order chi connectivity index (χ1) is 7.79. The molecule has 0 saturated heterocycles. The SMILES string of the molecule is Cc1c2ccccc2n2ccccc(=O)c12. The lowest BCUT2D eigenvalue weighted by molar-refractivity contribution is 1.26. The van der Waals surface area contributed by atoms with E-state index in [0.29, 0.717) is 0 Å². The topological polar surface area (TPSA) is 21.5 Å². The molecule has 2 heterocycles. The second-order valence-corrected chi connectivity index (χ2v) is 3.93. The maximum Gasteiger partial charge on any atom is 0.202 e. The van der Waals surface area contributed by atoms with Crippen LogP contribution in [0.3, 0.4) is 0 Å². The Hall–Kier alpha value is -2.09. The van der Waals surface area contributed by atoms with Gasteiger partial charge in [-0.1, -0.05) is 24.3 Å². The molecule has 2 nitrogen and oxygen atoms in total. The summed E-state index contributed by atoms with van der Waals surface area (Å²) >= 11 is 0. The lowest BCUT2D eigenvalue weighted by atomic mass is 10.2. The minimum absolute atomic E-state index is 0.0682. The fraction of sp³-hybridized carbons (Fsp3) is 0.0714. The van der Waals surface area contributed by atoms with Gasteiger partial charge in [-0.25, -0.2) is 0 Å². The average Bonchev–Trinajstić information content (AvgIpc) is 2.46. The van der Waals surface area contributed by atoms with Gasteiger partial charge in [0.25, 0.3) is 0 Å². The number of hydrogen-bond donors (Lipinski definition) is 0. The van der Waals surface area contributed by atoms with Crippen molar-refractivity contribution < 1.29 is 0 Å². The van der Waals surface area contributed by atoms with Gasteiger partial charge in [0.15, 0.2) is 0 Å². The highest BCUT2D eigenvalue weighted by molar-refractivity contribution is 5.91. The lowest BCUT2D eigenvalue weighted by Gasteiger charge is -1.90. The van der Waals surface area contributed by atoms with Crippen LogP contribution >= 0.6 is 0 Å². The van der Waals surface area contributed by atoms with E-state index in [-0.39, 0.29) is 5.43 Å². The number of benzene rings is 1. The summed E-state index contributed by atoms with van der Waals surface area (Å²) in [7, 11) is 0. The lowest BCUT2D eigenvalue weighted by Crippen LogP contribution is -1.98. The number of para-hydroxylation sites is 1. The summed E-state index contributed by atoms with van der Waals surface area (Å²) in [6, 6.07) is 13.4. The Bertz CT molecular complexity index is 740. The summed E-state index contributed by atoms with van der Waals surface area (Å²) < 4.78 is 1.97. The van der Waals surface area contributed by atoms with Crippen molar-refractivity contribution in [2.75, 3.05) is 0 Å². The first-order valence-corrected chi connectivity index (χ1v) is 5.28. The second-order valence-electron chi connectivity index (χ2n) is 3.93. The summed E-state index contributed by atoms with van der Waals surface area (Å²) in [6.45, 7) is 2.00. The van der Waals surface area contributed by atoms with Gasteiger partial charge in [-0.15, -0.1) is 0 Å². The van der Waals surface area contributed by atoms with Gasteiger partial charge in [-0.2, -0.15) is 0 Å². The van der Waals surface area contributed by atoms with Gasteiger partial charge in [-0.05, 0) is 30.7 Å². The van der Waals surface area contributed by atoms with Crippen molar-refractivity contribution in [2.24, 2.45) is 0 Å². The van der Waals surface area contributed by atoms with Crippen LogP contribution in [0.25, 0.3) is 16.4 Å². The zero-order chi connectivity index (χ0) is 11.1. The third kappa shape index (κ3) is 1.10. The van der Waals surface area contributed by atoms with Gasteiger partial charge in [0.05, 0.1) is 11.0 Å². The number of aryl methyl sites for hydroxylation is 1. The van der Waals surface area contributed by atoms with Gasteiger partial charge in [0, 0.05) is 11.6 Å². The van der Waals surface area contributed by atoms with E-state index in [2.05, 4.69) is 6.07 Å². The summed E-state index contributed by atoms with van der Waals surface area (Å²) in [5.41, 5.74) is 2.98. The molecule has 2 aromatic heterocycles. The van der Waals surface area contributed by atoms with Crippen LogP contribution in [-0.4, -0.2) is 4.40 Å². The van der Waals surface area contributed by atoms with E-state index in [1.165, 1.54) is 0 Å². The van der Waals surface area contributed by atoms with Crippen LogP contribution in [0, 0.1) is 6.92 Å². The Balaban J connectivity index is 2.76. The largest absolute Gasteiger partial charge is 0.313 e. The monoisotopic (exact) mass is 209 g/mol. The van der Waals surface area contributed by atoms with Crippen molar-refractivity contribution in [1.29, 1.82) is 0 Å². The van der Waals surface area contributed by atoms with Crippen LogP contribution < -0.4 is 5.43 Å². The molecule has 0 amide bonds. The highest BCUT2D eigenvalue weighted by Gasteiger charge is 2.08. The number of hydrogen-bond acceptors (Lipinski definition) is 1. The highest BCUT2D eigenvalue weighted by Crippen LogP contribution is 2.22. The van der Waals surface area contributed by atoms with Crippen LogP contribution in [0.4, 0.5) is 0 Å². The smallest absolute Gasteiger partial charge is 0.202 e. The number of aromatic nitrogens is 1. The first-order valence-electron chi connectivity index (χ1n) is 5.28. The molecule has 0 radical (unpaired) electrons. The molecule has 0 aliphatic rings. The third-order valence-corrected chi connectivity index (χ3v) is 2.99. The fourth-order valence-corrected chi connectivity index (χ4v) is 2.25. The molecule has 78 valence electrons. The van der Waals surface area contributed by atoms with Crippen LogP contribution in [0.2, 0.25) is 0 Å². The molecule has 0 saturated carbocycles. The Labute approximate surface area is 92.8 Å². The van der Waals surface area contributed by atoms with Crippen molar-refractivity contribution in [2.45, 2.75) is 6.92 Å². The van der Waals surface area contributed by atoms with Gasteiger partial charge < -0.3 is 4.40 Å². The molecular weight excluding hydrogens is 198 g/mol. The van der Waals surface area contributed by atoms with Gasteiger partial charge in [0.1, 0.15) is 0 Å². The fourth-order valence-electron chi connectivity index (χ4n) is 2.25. The van der Waals surface area contributed by atoms with E-state index < -0.39 is 0 Å². The van der Waals surface area contributed by atoms with Crippen molar-refractivity contribution in [3.63, 3.8) is 0 Å². The summed E-state index contributed by atoms with van der Waals surface area (Å²) in [5, 5.41) is 1.14. The van der Waals surface area contributed by atoms with Gasteiger partial charge in [0.2, 0.25) is 5.43 Å². The molecule has 0 aliphatic heterocycles. The first kappa shape index (κ1) is 9.16. The van der Waals surface area contributed by atoms with Crippen LogP contribution in [0.5, 0.6) is 0 Å². The number of rotatable bonds is 0. The molecule has 2 heteroatoms. The molecule has 3 aromatic rings. The van der Waals surface area contributed by atoms with E-state index in [4.69, 9.17) is 0 Å². The Morgan fingerprint density at radius 1 is 1.00 bits per heavy atom.